The standard InChI is InChI=1S/C10H9ClF3N/c11-5-2-1-3-8-4-6-15-9(7-8)10(12,13)14/h1,3-4,6-7H,2,5H2. The normalized spacial score (nSPS) is 12.3. The minimum absolute atomic E-state index is 0.452. The Morgan fingerprint density at radius 1 is 1.40 bits per heavy atom. The Labute approximate surface area is 90.6 Å². The number of hydrogen-bond acceptors (Lipinski definition) is 1. The molecule has 0 amide bonds. The lowest BCUT2D eigenvalue weighted by Crippen LogP contribution is -2.07. The van der Waals surface area contributed by atoms with Crippen molar-refractivity contribution in [2.24, 2.45) is 0 Å². The first kappa shape index (κ1) is 12.0. The van der Waals surface area contributed by atoms with Gasteiger partial charge in [-0.15, -0.1) is 11.6 Å². The summed E-state index contributed by atoms with van der Waals surface area (Å²) in [4.78, 5) is 3.25. The number of pyridine rings is 1. The molecule has 0 aliphatic rings. The van der Waals surface area contributed by atoms with Crippen LogP contribution in [0.25, 0.3) is 6.08 Å². The molecule has 1 aromatic rings. The van der Waals surface area contributed by atoms with E-state index in [0.717, 1.165) is 12.3 Å². The second-order valence-electron chi connectivity index (χ2n) is 2.85. The Kier molecular flexibility index (Phi) is 4.15. The van der Waals surface area contributed by atoms with E-state index in [1.54, 1.807) is 12.2 Å². The van der Waals surface area contributed by atoms with Crippen molar-refractivity contribution < 1.29 is 13.2 Å². The maximum Gasteiger partial charge on any atom is 0.433 e. The van der Waals surface area contributed by atoms with E-state index >= 15 is 0 Å². The third kappa shape index (κ3) is 3.91. The largest absolute Gasteiger partial charge is 0.433 e. The van der Waals surface area contributed by atoms with Crippen LogP contribution in [0.5, 0.6) is 0 Å². The van der Waals surface area contributed by atoms with Crippen molar-refractivity contribution >= 4 is 17.7 Å². The monoisotopic (exact) mass is 235 g/mol. The van der Waals surface area contributed by atoms with Crippen molar-refractivity contribution in [1.29, 1.82) is 0 Å². The lowest BCUT2D eigenvalue weighted by molar-refractivity contribution is -0.141. The smallest absolute Gasteiger partial charge is 0.252 e. The van der Waals surface area contributed by atoms with E-state index in [9.17, 15) is 13.2 Å². The number of alkyl halides is 4. The topological polar surface area (TPSA) is 12.9 Å². The average molecular weight is 236 g/mol. The van der Waals surface area contributed by atoms with E-state index in [-0.39, 0.29) is 0 Å². The fraction of sp³-hybridized carbons (Fsp3) is 0.300. The molecule has 0 atom stereocenters. The zero-order valence-corrected chi connectivity index (χ0v) is 8.52. The van der Waals surface area contributed by atoms with Gasteiger partial charge >= 0.3 is 6.18 Å². The van der Waals surface area contributed by atoms with Crippen molar-refractivity contribution in [3.8, 4) is 0 Å². The number of nitrogens with zero attached hydrogens (tertiary/aromatic N) is 1. The first-order chi connectivity index (χ1) is 7.04. The fourth-order valence-corrected chi connectivity index (χ4v) is 1.11. The van der Waals surface area contributed by atoms with Crippen molar-refractivity contribution in [3.05, 3.63) is 35.7 Å². The first-order valence-electron chi connectivity index (χ1n) is 4.30. The van der Waals surface area contributed by atoms with Crippen molar-refractivity contribution in [2.75, 3.05) is 5.88 Å². The fourth-order valence-electron chi connectivity index (χ4n) is 0.988. The molecule has 0 bridgehead atoms. The molecule has 15 heavy (non-hydrogen) atoms. The van der Waals surface area contributed by atoms with Gasteiger partial charge in [0.15, 0.2) is 0 Å². The molecule has 0 saturated heterocycles. The van der Waals surface area contributed by atoms with Crippen molar-refractivity contribution in [3.63, 3.8) is 0 Å². The molecule has 0 aliphatic carbocycles. The Bertz CT molecular complexity index is 347. The molecule has 1 nitrogen and oxygen atoms in total. The summed E-state index contributed by atoms with van der Waals surface area (Å²) >= 11 is 5.43. The number of halogens is 4. The van der Waals surface area contributed by atoms with Crippen LogP contribution in [-0.2, 0) is 6.18 Å². The Balaban J connectivity index is 2.84. The van der Waals surface area contributed by atoms with Crippen LogP contribution >= 0.6 is 11.6 Å². The van der Waals surface area contributed by atoms with E-state index in [1.807, 2.05) is 0 Å². The van der Waals surface area contributed by atoms with Crippen LogP contribution in [-0.4, -0.2) is 10.9 Å². The second kappa shape index (κ2) is 5.16. The Morgan fingerprint density at radius 2 is 2.13 bits per heavy atom. The van der Waals surface area contributed by atoms with E-state index in [0.29, 0.717) is 17.9 Å². The predicted octanol–water partition coefficient (Wildman–Crippen LogP) is 3.74. The summed E-state index contributed by atoms with van der Waals surface area (Å²) in [6, 6.07) is 2.52. The molecule has 0 saturated carbocycles. The first-order valence-corrected chi connectivity index (χ1v) is 4.83. The van der Waals surface area contributed by atoms with Crippen LogP contribution in [0.3, 0.4) is 0 Å². The van der Waals surface area contributed by atoms with Gasteiger partial charge < -0.3 is 0 Å². The average Bonchev–Trinajstić information content (AvgIpc) is 2.17. The summed E-state index contributed by atoms with van der Waals surface area (Å²) in [6.07, 6.45) is 0.701. The molecule has 0 N–H and O–H groups in total. The lowest BCUT2D eigenvalue weighted by Gasteiger charge is -2.05. The quantitative estimate of drug-likeness (QED) is 0.728. The molecule has 0 aromatic carbocycles. The third-order valence-electron chi connectivity index (χ3n) is 1.66. The third-order valence-corrected chi connectivity index (χ3v) is 1.88. The van der Waals surface area contributed by atoms with Crippen LogP contribution in [0.2, 0.25) is 0 Å². The van der Waals surface area contributed by atoms with Gasteiger partial charge in [0, 0.05) is 12.1 Å². The van der Waals surface area contributed by atoms with Crippen LogP contribution < -0.4 is 0 Å². The van der Waals surface area contributed by atoms with Gasteiger partial charge in [0.25, 0.3) is 0 Å². The van der Waals surface area contributed by atoms with Crippen LogP contribution in [0.15, 0.2) is 24.4 Å². The molecular weight excluding hydrogens is 227 g/mol. The predicted molar refractivity (Wildman–Crippen MR) is 53.6 cm³/mol. The molecule has 1 rings (SSSR count). The van der Waals surface area contributed by atoms with Gasteiger partial charge in [0.2, 0.25) is 0 Å². The van der Waals surface area contributed by atoms with Crippen molar-refractivity contribution in [1.82, 2.24) is 4.98 Å². The molecule has 1 heterocycles. The molecule has 0 aliphatic heterocycles. The minimum Gasteiger partial charge on any atom is -0.252 e. The van der Waals surface area contributed by atoms with Gasteiger partial charge in [-0.25, -0.2) is 0 Å². The highest BCUT2D eigenvalue weighted by atomic mass is 35.5. The van der Waals surface area contributed by atoms with Crippen LogP contribution in [0.4, 0.5) is 13.2 Å². The maximum absolute atomic E-state index is 12.2. The summed E-state index contributed by atoms with van der Waals surface area (Å²) in [5, 5.41) is 0. The minimum atomic E-state index is -4.39. The molecule has 5 heteroatoms. The van der Waals surface area contributed by atoms with Gasteiger partial charge in [-0.3, -0.25) is 4.98 Å². The van der Waals surface area contributed by atoms with Crippen molar-refractivity contribution in [2.45, 2.75) is 12.6 Å². The molecule has 0 fully saturated rings. The maximum atomic E-state index is 12.2. The van der Waals surface area contributed by atoms with Gasteiger partial charge in [-0.2, -0.15) is 13.2 Å². The van der Waals surface area contributed by atoms with E-state index in [4.69, 9.17) is 11.6 Å². The molecule has 0 unspecified atom stereocenters. The Morgan fingerprint density at radius 3 is 2.73 bits per heavy atom. The molecule has 0 radical (unpaired) electrons. The molecule has 0 spiro atoms. The second-order valence-corrected chi connectivity index (χ2v) is 3.23. The Hall–Kier alpha value is -1.03. The van der Waals surface area contributed by atoms with E-state index in [2.05, 4.69) is 4.98 Å². The lowest BCUT2D eigenvalue weighted by atomic mass is 10.2. The number of rotatable bonds is 3. The van der Waals surface area contributed by atoms with Gasteiger partial charge in [0.1, 0.15) is 5.69 Å². The highest BCUT2D eigenvalue weighted by Crippen LogP contribution is 2.27. The number of aromatic nitrogens is 1. The molecular formula is C10H9ClF3N. The van der Waals surface area contributed by atoms with Gasteiger partial charge in [-0.1, -0.05) is 12.2 Å². The summed E-state index contributed by atoms with van der Waals surface area (Å²) in [5.41, 5.74) is -0.405. The van der Waals surface area contributed by atoms with E-state index in [1.165, 1.54) is 6.07 Å². The number of allylic oxidation sites excluding steroid dienone is 1. The summed E-state index contributed by atoms with van der Waals surface area (Å²) in [7, 11) is 0. The zero-order chi connectivity index (χ0) is 11.3. The molecule has 82 valence electrons. The van der Waals surface area contributed by atoms with Gasteiger partial charge in [0.05, 0.1) is 0 Å². The highest BCUT2D eigenvalue weighted by Gasteiger charge is 2.32. The zero-order valence-electron chi connectivity index (χ0n) is 7.76. The van der Waals surface area contributed by atoms with E-state index < -0.39 is 11.9 Å². The highest BCUT2D eigenvalue weighted by molar-refractivity contribution is 6.17. The summed E-state index contributed by atoms with van der Waals surface area (Å²) in [5.74, 6) is 0.452. The van der Waals surface area contributed by atoms with Crippen LogP contribution in [0.1, 0.15) is 17.7 Å². The SMILES string of the molecule is FC(F)(F)c1cc(C=CCCCl)ccn1. The summed E-state index contributed by atoms with van der Waals surface area (Å²) in [6.45, 7) is 0. The van der Waals surface area contributed by atoms with Gasteiger partial charge in [-0.05, 0) is 24.1 Å². The summed E-state index contributed by atoms with van der Waals surface area (Å²) < 4.78 is 36.7. The molecule has 1 aromatic heterocycles. The van der Waals surface area contributed by atoms with Crippen LogP contribution in [0, 0.1) is 0 Å². The number of hydrogen-bond donors (Lipinski definition) is 0.